The van der Waals surface area contributed by atoms with Crippen molar-refractivity contribution >= 4 is 17.5 Å². The monoisotopic (exact) mass is 263 g/mol. The number of amides is 2. The highest BCUT2D eigenvalue weighted by atomic mass is 16.2. The van der Waals surface area contributed by atoms with E-state index < -0.39 is 0 Å². The van der Waals surface area contributed by atoms with Gasteiger partial charge in [0.05, 0.1) is 6.54 Å². The normalized spacial score (nSPS) is 10.3. The molecule has 0 aliphatic heterocycles. The van der Waals surface area contributed by atoms with E-state index in [9.17, 15) is 9.59 Å². The van der Waals surface area contributed by atoms with E-state index in [0.29, 0.717) is 13.0 Å². The topological polar surface area (TPSA) is 70.2 Å². The molecule has 0 saturated heterocycles. The van der Waals surface area contributed by atoms with Gasteiger partial charge in [-0.15, -0.1) is 0 Å². The first kappa shape index (κ1) is 15.2. The smallest absolute Gasteiger partial charge is 0.238 e. The molecule has 5 nitrogen and oxygen atoms in total. The van der Waals surface area contributed by atoms with Crippen molar-refractivity contribution < 1.29 is 9.59 Å². The van der Waals surface area contributed by atoms with Gasteiger partial charge >= 0.3 is 0 Å². The Bertz CT molecular complexity index is 404. The Morgan fingerprint density at radius 2 is 1.79 bits per heavy atom. The maximum atomic E-state index is 11.6. The van der Waals surface area contributed by atoms with Gasteiger partial charge in [0.15, 0.2) is 0 Å². The Hall–Kier alpha value is -1.88. The molecule has 0 aliphatic carbocycles. The van der Waals surface area contributed by atoms with Crippen LogP contribution in [0.3, 0.4) is 0 Å². The Labute approximate surface area is 113 Å². The van der Waals surface area contributed by atoms with Crippen LogP contribution in [-0.4, -0.2) is 30.9 Å². The Morgan fingerprint density at radius 3 is 2.42 bits per heavy atom. The van der Waals surface area contributed by atoms with Crippen molar-refractivity contribution in [3.63, 3.8) is 0 Å². The van der Waals surface area contributed by atoms with Gasteiger partial charge in [0.1, 0.15) is 0 Å². The standard InChI is InChI=1S/C14H21N3O2/c1-11(2)16-13(18)8-9-15-10-14(19)17-12-6-4-3-5-7-12/h3-7,11,15H,8-10H2,1-2H3,(H,16,18)(H,17,19). The number of nitrogens with one attached hydrogen (secondary N) is 3. The molecule has 0 saturated carbocycles. The summed E-state index contributed by atoms with van der Waals surface area (Å²) in [6, 6.07) is 9.41. The fourth-order valence-electron chi connectivity index (χ4n) is 1.52. The van der Waals surface area contributed by atoms with E-state index in [-0.39, 0.29) is 24.4 Å². The largest absolute Gasteiger partial charge is 0.354 e. The summed E-state index contributed by atoms with van der Waals surface area (Å²) in [6.45, 7) is 4.52. The van der Waals surface area contributed by atoms with Crippen molar-refractivity contribution in [1.82, 2.24) is 10.6 Å². The van der Waals surface area contributed by atoms with Gasteiger partial charge in [-0.25, -0.2) is 0 Å². The summed E-state index contributed by atoms with van der Waals surface area (Å²) in [5.74, 6) is -0.124. The highest BCUT2D eigenvalue weighted by Gasteiger charge is 2.04. The third-order valence-electron chi connectivity index (χ3n) is 2.32. The predicted molar refractivity (Wildman–Crippen MR) is 75.8 cm³/mol. The van der Waals surface area contributed by atoms with Gasteiger partial charge in [0.2, 0.25) is 11.8 Å². The molecule has 0 unspecified atom stereocenters. The molecular weight excluding hydrogens is 242 g/mol. The van der Waals surface area contributed by atoms with Crippen molar-refractivity contribution in [2.45, 2.75) is 26.3 Å². The minimum atomic E-state index is -0.115. The molecule has 0 aliphatic rings. The molecule has 0 heterocycles. The number of rotatable bonds is 7. The molecule has 1 aromatic carbocycles. The van der Waals surface area contributed by atoms with Crippen LogP contribution >= 0.6 is 0 Å². The molecule has 3 N–H and O–H groups in total. The molecule has 19 heavy (non-hydrogen) atoms. The summed E-state index contributed by atoms with van der Waals surface area (Å²) in [6.07, 6.45) is 0.372. The van der Waals surface area contributed by atoms with Gasteiger partial charge in [0, 0.05) is 24.7 Å². The van der Waals surface area contributed by atoms with Crippen LogP contribution in [-0.2, 0) is 9.59 Å². The average Bonchev–Trinajstić information content (AvgIpc) is 2.35. The van der Waals surface area contributed by atoms with Gasteiger partial charge < -0.3 is 16.0 Å². The molecule has 104 valence electrons. The van der Waals surface area contributed by atoms with Crippen LogP contribution in [0.15, 0.2) is 30.3 Å². The van der Waals surface area contributed by atoms with E-state index >= 15 is 0 Å². The lowest BCUT2D eigenvalue weighted by Crippen LogP contribution is -2.34. The van der Waals surface area contributed by atoms with Crippen molar-refractivity contribution in [2.24, 2.45) is 0 Å². The lowest BCUT2D eigenvalue weighted by molar-refractivity contribution is -0.121. The van der Waals surface area contributed by atoms with Crippen LogP contribution < -0.4 is 16.0 Å². The van der Waals surface area contributed by atoms with Crippen molar-refractivity contribution in [3.8, 4) is 0 Å². The highest BCUT2D eigenvalue weighted by molar-refractivity contribution is 5.92. The molecule has 0 radical (unpaired) electrons. The first-order valence-electron chi connectivity index (χ1n) is 6.43. The van der Waals surface area contributed by atoms with Gasteiger partial charge in [-0.1, -0.05) is 18.2 Å². The van der Waals surface area contributed by atoms with Crippen molar-refractivity contribution in [1.29, 1.82) is 0 Å². The van der Waals surface area contributed by atoms with Crippen LogP contribution in [0.2, 0.25) is 0 Å². The molecule has 0 aromatic heterocycles. The Balaban J connectivity index is 2.13. The summed E-state index contributed by atoms with van der Waals surface area (Å²) in [5.41, 5.74) is 0.770. The minimum Gasteiger partial charge on any atom is -0.354 e. The Kier molecular flexibility index (Phi) is 6.60. The summed E-state index contributed by atoms with van der Waals surface area (Å²) in [5, 5.41) is 8.49. The highest BCUT2D eigenvalue weighted by Crippen LogP contribution is 2.03. The number of hydrogen-bond donors (Lipinski definition) is 3. The number of benzene rings is 1. The fraction of sp³-hybridized carbons (Fsp3) is 0.429. The van der Waals surface area contributed by atoms with Gasteiger partial charge in [-0.05, 0) is 26.0 Å². The predicted octanol–water partition coefficient (Wildman–Crippen LogP) is 1.13. The summed E-state index contributed by atoms with van der Waals surface area (Å²) < 4.78 is 0. The fourth-order valence-corrected chi connectivity index (χ4v) is 1.52. The maximum Gasteiger partial charge on any atom is 0.238 e. The lowest BCUT2D eigenvalue weighted by atomic mass is 10.3. The number of anilines is 1. The zero-order valence-corrected chi connectivity index (χ0v) is 11.4. The van der Waals surface area contributed by atoms with Crippen LogP contribution in [0.5, 0.6) is 0 Å². The second-order valence-corrected chi connectivity index (χ2v) is 4.56. The summed E-state index contributed by atoms with van der Waals surface area (Å²) >= 11 is 0. The number of para-hydroxylation sites is 1. The van der Waals surface area contributed by atoms with Crippen LogP contribution in [0, 0.1) is 0 Å². The van der Waals surface area contributed by atoms with E-state index in [0.717, 1.165) is 5.69 Å². The van der Waals surface area contributed by atoms with Crippen LogP contribution in [0.1, 0.15) is 20.3 Å². The number of carbonyl (C=O) groups is 2. The van der Waals surface area contributed by atoms with E-state index in [4.69, 9.17) is 0 Å². The molecule has 5 heteroatoms. The number of hydrogen-bond acceptors (Lipinski definition) is 3. The van der Waals surface area contributed by atoms with Crippen molar-refractivity contribution in [3.05, 3.63) is 30.3 Å². The number of carbonyl (C=O) groups excluding carboxylic acids is 2. The third-order valence-corrected chi connectivity index (χ3v) is 2.32. The molecule has 1 rings (SSSR count). The van der Waals surface area contributed by atoms with Gasteiger partial charge in [-0.2, -0.15) is 0 Å². The first-order valence-corrected chi connectivity index (χ1v) is 6.43. The second-order valence-electron chi connectivity index (χ2n) is 4.56. The molecule has 0 spiro atoms. The van der Waals surface area contributed by atoms with E-state index in [1.165, 1.54) is 0 Å². The molecular formula is C14H21N3O2. The lowest BCUT2D eigenvalue weighted by Gasteiger charge is -2.09. The summed E-state index contributed by atoms with van der Waals surface area (Å²) in [7, 11) is 0. The molecule has 0 atom stereocenters. The van der Waals surface area contributed by atoms with Crippen LogP contribution in [0.4, 0.5) is 5.69 Å². The maximum absolute atomic E-state index is 11.6. The first-order chi connectivity index (χ1) is 9.08. The van der Waals surface area contributed by atoms with Gasteiger partial charge in [0.25, 0.3) is 0 Å². The zero-order chi connectivity index (χ0) is 14.1. The average molecular weight is 263 g/mol. The third kappa shape index (κ3) is 7.21. The Morgan fingerprint density at radius 1 is 1.11 bits per heavy atom. The van der Waals surface area contributed by atoms with Crippen molar-refractivity contribution in [2.75, 3.05) is 18.4 Å². The molecule has 0 fully saturated rings. The molecule has 1 aromatic rings. The van der Waals surface area contributed by atoms with Crippen LogP contribution in [0.25, 0.3) is 0 Å². The minimum absolute atomic E-state index is 0.00836. The SMILES string of the molecule is CC(C)NC(=O)CCNCC(=O)Nc1ccccc1. The molecule has 2 amide bonds. The van der Waals surface area contributed by atoms with Gasteiger partial charge in [-0.3, -0.25) is 9.59 Å². The molecule has 0 bridgehead atoms. The van der Waals surface area contributed by atoms with E-state index in [2.05, 4.69) is 16.0 Å². The quantitative estimate of drug-likeness (QED) is 0.646. The second kappa shape index (κ2) is 8.26. The zero-order valence-electron chi connectivity index (χ0n) is 11.4. The summed E-state index contributed by atoms with van der Waals surface area (Å²) in [4.78, 5) is 22.9. The van der Waals surface area contributed by atoms with E-state index in [1.807, 2.05) is 44.2 Å². The van der Waals surface area contributed by atoms with E-state index in [1.54, 1.807) is 0 Å².